The Balaban J connectivity index is 2.39. The molecule has 0 fully saturated rings. The number of nitrogens with zero attached hydrogens (tertiary/aromatic N) is 2. The lowest BCUT2D eigenvalue weighted by molar-refractivity contribution is 0.373. The van der Waals surface area contributed by atoms with Gasteiger partial charge in [0, 0.05) is 12.5 Å². The van der Waals surface area contributed by atoms with Gasteiger partial charge in [0.05, 0.1) is 5.69 Å². The molecule has 84 valence electrons. The first kappa shape index (κ1) is 11.0. The first-order chi connectivity index (χ1) is 7.27. The van der Waals surface area contributed by atoms with Crippen molar-refractivity contribution in [1.82, 2.24) is 9.55 Å². The second kappa shape index (κ2) is 4.54. The van der Waals surface area contributed by atoms with Crippen LogP contribution in [0.2, 0.25) is 5.15 Å². The Bertz CT molecular complexity index is 346. The molecular formula is C11H18ClN3. The van der Waals surface area contributed by atoms with Crippen LogP contribution in [0.3, 0.4) is 0 Å². The lowest BCUT2D eigenvalue weighted by Gasteiger charge is -2.27. The van der Waals surface area contributed by atoms with E-state index in [9.17, 15) is 0 Å². The zero-order valence-electron chi connectivity index (χ0n) is 9.17. The van der Waals surface area contributed by atoms with Crippen molar-refractivity contribution in [2.75, 3.05) is 6.54 Å². The van der Waals surface area contributed by atoms with Crippen molar-refractivity contribution in [3.05, 3.63) is 16.7 Å². The van der Waals surface area contributed by atoms with Crippen molar-refractivity contribution in [2.24, 2.45) is 5.73 Å². The van der Waals surface area contributed by atoms with Crippen LogP contribution in [-0.4, -0.2) is 16.1 Å². The first-order valence-corrected chi connectivity index (χ1v) is 6.11. The van der Waals surface area contributed by atoms with Crippen LogP contribution in [0.15, 0.2) is 0 Å². The van der Waals surface area contributed by atoms with Crippen LogP contribution in [0.4, 0.5) is 0 Å². The Morgan fingerprint density at radius 2 is 2.40 bits per heavy atom. The van der Waals surface area contributed by atoms with Gasteiger partial charge in [-0.05, 0) is 32.2 Å². The number of aromatic nitrogens is 2. The number of hydrogen-bond acceptors (Lipinski definition) is 2. The fourth-order valence-electron chi connectivity index (χ4n) is 2.49. The Morgan fingerprint density at radius 1 is 1.60 bits per heavy atom. The Morgan fingerprint density at radius 3 is 3.07 bits per heavy atom. The number of fused-ring (bicyclic) bond motifs is 1. The van der Waals surface area contributed by atoms with Crippen LogP contribution in [0, 0.1) is 0 Å². The monoisotopic (exact) mass is 227 g/mol. The SMILES string of the molecule is CCc1nc(Cl)c2n1C(CCN)CCC2. The Labute approximate surface area is 95.6 Å². The van der Waals surface area contributed by atoms with Crippen LogP contribution in [0.5, 0.6) is 0 Å². The van der Waals surface area contributed by atoms with Crippen molar-refractivity contribution in [3.63, 3.8) is 0 Å². The van der Waals surface area contributed by atoms with Crippen molar-refractivity contribution >= 4 is 11.6 Å². The van der Waals surface area contributed by atoms with Gasteiger partial charge in [-0.15, -0.1) is 0 Å². The van der Waals surface area contributed by atoms with Gasteiger partial charge in [-0.3, -0.25) is 0 Å². The summed E-state index contributed by atoms with van der Waals surface area (Å²) in [5.74, 6) is 1.12. The Hall–Kier alpha value is -0.540. The van der Waals surface area contributed by atoms with Gasteiger partial charge < -0.3 is 10.3 Å². The molecule has 1 unspecified atom stereocenters. The van der Waals surface area contributed by atoms with Gasteiger partial charge in [-0.1, -0.05) is 18.5 Å². The predicted octanol–water partition coefficient (Wildman–Crippen LogP) is 2.33. The summed E-state index contributed by atoms with van der Waals surface area (Å²) in [5, 5.41) is 0.702. The van der Waals surface area contributed by atoms with E-state index in [0.29, 0.717) is 11.2 Å². The number of hydrogen-bond donors (Lipinski definition) is 1. The smallest absolute Gasteiger partial charge is 0.150 e. The molecule has 3 nitrogen and oxygen atoms in total. The minimum atomic E-state index is 0.522. The van der Waals surface area contributed by atoms with E-state index in [1.165, 1.54) is 18.5 Å². The van der Waals surface area contributed by atoms with E-state index in [1.807, 2.05) is 0 Å². The number of imidazole rings is 1. The van der Waals surface area contributed by atoms with Gasteiger partial charge in [0.2, 0.25) is 0 Å². The molecule has 2 heterocycles. The molecule has 2 rings (SSSR count). The molecule has 0 radical (unpaired) electrons. The summed E-state index contributed by atoms with van der Waals surface area (Å²) in [6.45, 7) is 2.86. The molecule has 1 aromatic rings. The molecule has 0 spiro atoms. The summed E-state index contributed by atoms with van der Waals surface area (Å²) >= 11 is 6.14. The number of nitrogens with two attached hydrogens (primary N) is 1. The lowest BCUT2D eigenvalue weighted by atomic mass is 10.00. The molecule has 0 aliphatic carbocycles. The fraction of sp³-hybridized carbons (Fsp3) is 0.727. The van der Waals surface area contributed by atoms with Crippen LogP contribution < -0.4 is 5.73 Å². The van der Waals surface area contributed by atoms with Crippen LogP contribution in [0.1, 0.15) is 43.7 Å². The summed E-state index contributed by atoms with van der Waals surface area (Å²) in [6.07, 6.45) is 5.46. The molecule has 1 aromatic heterocycles. The zero-order chi connectivity index (χ0) is 10.8. The maximum absolute atomic E-state index is 6.14. The second-order valence-corrected chi connectivity index (χ2v) is 4.47. The quantitative estimate of drug-likeness (QED) is 0.862. The highest BCUT2D eigenvalue weighted by atomic mass is 35.5. The normalized spacial score (nSPS) is 20.3. The molecule has 15 heavy (non-hydrogen) atoms. The fourth-order valence-corrected chi connectivity index (χ4v) is 2.77. The third-order valence-electron chi connectivity index (χ3n) is 3.17. The average molecular weight is 228 g/mol. The molecule has 0 saturated carbocycles. The molecule has 0 amide bonds. The second-order valence-electron chi connectivity index (χ2n) is 4.11. The number of halogens is 1. The molecule has 2 N–H and O–H groups in total. The van der Waals surface area contributed by atoms with Gasteiger partial charge in [0.1, 0.15) is 5.82 Å². The summed E-state index contributed by atoms with van der Waals surface area (Å²) in [4.78, 5) is 4.43. The molecule has 1 aliphatic rings. The van der Waals surface area contributed by atoms with E-state index in [2.05, 4.69) is 16.5 Å². The van der Waals surface area contributed by atoms with E-state index >= 15 is 0 Å². The third-order valence-corrected chi connectivity index (χ3v) is 3.47. The molecular weight excluding hydrogens is 210 g/mol. The molecule has 0 bridgehead atoms. The van der Waals surface area contributed by atoms with Crippen LogP contribution in [-0.2, 0) is 12.8 Å². The van der Waals surface area contributed by atoms with E-state index in [-0.39, 0.29) is 0 Å². The van der Waals surface area contributed by atoms with Gasteiger partial charge in [0.25, 0.3) is 0 Å². The molecule has 0 saturated heterocycles. The summed E-state index contributed by atoms with van der Waals surface area (Å²) in [5.41, 5.74) is 6.87. The molecule has 1 aliphatic heterocycles. The highest BCUT2D eigenvalue weighted by Gasteiger charge is 2.24. The minimum Gasteiger partial charge on any atom is -0.330 e. The molecule has 1 atom stereocenters. The zero-order valence-corrected chi connectivity index (χ0v) is 9.93. The van der Waals surface area contributed by atoms with Crippen molar-refractivity contribution < 1.29 is 0 Å². The minimum absolute atomic E-state index is 0.522. The van der Waals surface area contributed by atoms with Gasteiger partial charge in [-0.25, -0.2) is 4.98 Å². The number of aryl methyl sites for hydroxylation is 1. The standard InChI is InChI=1S/C11H18ClN3/c1-2-10-14-11(12)9-5-3-4-8(6-7-13)15(9)10/h8H,2-7,13H2,1H3. The average Bonchev–Trinajstić information content (AvgIpc) is 2.58. The molecule has 0 aromatic carbocycles. The number of rotatable bonds is 3. The summed E-state index contributed by atoms with van der Waals surface area (Å²) in [6, 6.07) is 0.522. The van der Waals surface area contributed by atoms with E-state index in [0.717, 1.165) is 31.6 Å². The predicted molar refractivity (Wildman–Crippen MR) is 62.3 cm³/mol. The summed E-state index contributed by atoms with van der Waals surface area (Å²) in [7, 11) is 0. The van der Waals surface area contributed by atoms with Crippen molar-refractivity contribution in [3.8, 4) is 0 Å². The Kier molecular flexibility index (Phi) is 3.32. The maximum Gasteiger partial charge on any atom is 0.150 e. The van der Waals surface area contributed by atoms with Gasteiger partial charge >= 0.3 is 0 Å². The van der Waals surface area contributed by atoms with Crippen molar-refractivity contribution in [2.45, 2.75) is 45.1 Å². The highest BCUT2D eigenvalue weighted by molar-refractivity contribution is 6.30. The lowest BCUT2D eigenvalue weighted by Crippen LogP contribution is -2.22. The van der Waals surface area contributed by atoms with E-state index in [4.69, 9.17) is 17.3 Å². The first-order valence-electron chi connectivity index (χ1n) is 5.73. The van der Waals surface area contributed by atoms with Gasteiger partial charge in [-0.2, -0.15) is 0 Å². The van der Waals surface area contributed by atoms with Crippen LogP contribution >= 0.6 is 11.6 Å². The summed E-state index contributed by atoms with van der Waals surface area (Å²) < 4.78 is 2.33. The van der Waals surface area contributed by atoms with Crippen LogP contribution in [0.25, 0.3) is 0 Å². The maximum atomic E-state index is 6.14. The third kappa shape index (κ3) is 1.91. The highest BCUT2D eigenvalue weighted by Crippen LogP contribution is 2.32. The largest absolute Gasteiger partial charge is 0.330 e. The topological polar surface area (TPSA) is 43.8 Å². The van der Waals surface area contributed by atoms with E-state index in [1.54, 1.807) is 0 Å². The molecule has 4 heteroatoms. The van der Waals surface area contributed by atoms with E-state index < -0.39 is 0 Å². The van der Waals surface area contributed by atoms with Crippen molar-refractivity contribution in [1.29, 1.82) is 0 Å². The van der Waals surface area contributed by atoms with Gasteiger partial charge in [0.15, 0.2) is 5.15 Å².